The lowest BCUT2D eigenvalue weighted by Crippen LogP contribution is -2.36. The Morgan fingerprint density at radius 1 is 1.00 bits per heavy atom. The standard InChI is InChI=1S/C21H20FN5O2/c22-15-5-1-2-6-16(15)24-20(28)18-9-10-23-21(26-18)25-17-7-3-4-8-19(17)27-11-13-29-14-12-27/h1-10H,11-14H2,(H,24,28)(H,23,25,26). The third kappa shape index (κ3) is 4.49. The van der Waals surface area contributed by atoms with Crippen molar-refractivity contribution in [3.05, 3.63) is 72.3 Å². The predicted octanol–water partition coefficient (Wildman–Crippen LogP) is 3.45. The Morgan fingerprint density at radius 2 is 1.72 bits per heavy atom. The van der Waals surface area contributed by atoms with E-state index in [1.807, 2.05) is 24.3 Å². The SMILES string of the molecule is O=C(Nc1ccccc1F)c1ccnc(Nc2ccccc2N2CCOCC2)n1. The molecule has 2 heterocycles. The Bertz CT molecular complexity index is 1010. The van der Waals surface area contributed by atoms with Gasteiger partial charge in [-0.1, -0.05) is 24.3 Å². The molecular weight excluding hydrogens is 373 g/mol. The molecule has 29 heavy (non-hydrogen) atoms. The molecule has 4 rings (SSSR count). The van der Waals surface area contributed by atoms with E-state index >= 15 is 0 Å². The molecule has 7 nitrogen and oxygen atoms in total. The minimum absolute atomic E-state index is 0.100. The number of carbonyl (C=O) groups is 1. The molecule has 1 aromatic heterocycles. The Balaban J connectivity index is 1.53. The van der Waals surface area contributed by atoms with Crippen molar-refractivity contribution in [2.75, 3.05) is 41.8 Å². The van der Waals surface area contributed by atoms with Crippen molar-refractivity contribution in [3.8, 4) is 0 Å². The molecule has 8 heteroatoms. The average molecular weight is 393 g/mol. The average Bonchev–Trinajstić information content (AvgIpc) is 2.76. The fourth-order valence-electron chi connectivity index (χ4n) is 3.07. The first-order valence-electron chi connectivity index (χ1n) is 9.28. The van der Waals surface area contributed by atoms with Gasteiger partial charge in [0.05, 0.1) is 30.3 Å². The van der Waals surface area contributed by atoms with Gasteiger partial charge in [0.2, 0.25) is 5.95 Å². The number of aromatic nitrogens is 2. The van der Waals surface area contributed by atoms with Gasteiger partial charge < -0.3 is 20.3 Å². The summed E-state index contributed by atoms with van der Waals surface area (Å²) in [5.74, 6) is -0.735. The van der Waals surface area contributed by atoms with Gasteiger partial charge in [0.15, 0.2) is 0 Å². The minimum Gasteiger partial charge on any atom is -0.378 e. The zero-order valence-electron chi connectivity index (χ0n) is 15.6. The number of benzene rings is 2. The zero-order chi connectivity index (χ0) is 20.1. The van der Waals surface area contributed by atoms with Crippen molar-refractivity contribution in [3.63, 3.8) is 0 Å². The van der Waals surface area contributed by atoms with Crippen molar-refractivity contribution in [2.24, 2.45) is 0 Å². The predicted molar refractivity (Wildman–Crippen MR) is 109 cm³/mol. The molecule has 1 aliphatic heterocycles. The second-order valence-corrected chi connectivity index (χ2v) is 6.44. The van der Waals surface area contributed by atoms with E-state index < -0.39 is 11.7 Å². The molecule has 0 bridgehead atoms. The maximum absolute atomic E-state index is 13.8. The largest absolute Gasteiger partial charge is 0.378 e. The van der Waals surface area contributed by atoms with Crippen molar-refractivity contribution in [2.45, 2.75) is 0 Å². The van der Waals surface area contributed by atoms with Crippen LogP contribution in [-0.2, 0) is 4.74 Å². The molecule has 0 saturated carbocycles. The maximum Gasteiger partial charge on any atom is 0.274 e. The van der Waals surface area contributed by atoms with Gasteiger partial charge in [-0.2, -0.15) is 0 Å². The molecule has 1 aliphatic rings. The summed E-state index contributed by atoms with van der Waals surface area (Å²) in [6, 6.07) is 15.3. The molecule has 148 valence electrons. The minimum atomic E-state index is -0.512. The first kappa shape index (κ1) is 18.8. The third-order valence-electron chi connectivity index (χ3n) is 4.51. The molecule has 1 saturated heterocycles. The third-order valence-corrected chi connectivity index (χ3v) is 4.51. The number of amides is 1. The van der Waals surface area contributed by atoms with E-state index in [1.165, 1.54) is 24.4 Å². The number of para-hydroxylation sites is 3. The van der Waals surface area contributed by atoms with Crippen molar-refractivity contribution >= 4 is 28.9 Å². The van der Waals surface area contributed by atoms with E-state index in [4.69, 9.17) is 4.74 Å². The van der Waals surface area contributed by atoms with Crippen LogP contribution in [-0.4, -0.2) is 42.2 Å². The lowest BCUT2D eigenvalue weighted by Gasteiger charge is -2.30. The Kier molecular flexibility index (Phi) is 5.62. The van der Waals surface area contributed by atoms with Gasteiger partial charge >= 0.3 is 0 Å². The summed E-state index contributed by atoms with van der Waals surface area (Å²) in [7, 11) is 0. The first-order chi connectivity index (χ1) is 14.2. The molecular formula is C21H20FN5O2. The van der Waals surface area contributed by atoms with Crippen molar-refractivity contribution in [1.82, 2.24) is 9.97 Å². The monoisotopic (exact) mass is 393 g/mol. The van der Waals surface area contributed by atoms with Crippen LogP contribution in [0.2, 0.25) is 0 Å². The van der Waals surface area contributed by atoms with Gasteiger partial charge in [0.25, 0.3) is 5.91 Å². The summed E-state index contributed by atoms with van der Waals surface area (Å²) in [5.41, 5.74) is 2.08. The van der Waals surface area contributed by atoms with Crippen LogP contribution in [0.4, 0.5) is 27.4 Å². The lowest BCUT2D eigenvalue weighted by molar-refractivity contribution is 0.102. The number of hydrogen-bond acceptors (Lipinski definition) is 6. The number of morpholine rings is 1. The molecule has 0 spiro atoms. The zero-order valence-corrected chi connectivity index (χ0v) is 15.6. The summed E-state index contributed by atoms with van der Waals surface area (Å²) < 4.78 is 19.2. The summed E-state index contributed by atoms with van der Waals surface area (Å²) in [4.78, 5) is 23.2. The fourth-order valence-corrected chi connectivity index (χ4v) is 3.07. The molecule has 1 amide bonds. The Morgan fingerprint density at radius 3 is 2.52 bits per heavy atom. The van der Waals surface area contributed by atoms with Gasteiger partial charge in [-0.05, 0) is 30.3 Å². The van der Waals surface area contributed by atoms with Crippen molar-refractivity contribution < 1.29 is 13.9 Å². The number of nitrogens with one attached hydrogen (secondary N) is 2. The van der Waals surface area contributed by atoms with Gasteiger partial charge in [0, 0.05) is 19.3 Å². The van der Waals surface area contributed by atoms with Crippen LogP contribution in [0.1, 0.15) is 10.5 Å². The summed E-state index contributed by atoms with van der Waals surface area (Å²) >= 11 is 0. The van der Waals surface area contributed by atoms with Crippen LogP contribution in [0, 0.1) is 5.82 Å². The quantitative estimate of drug-likeness (QED) is 0.691. The maximum atomic E-state index is 13.8. The van der Waals surface area contributed by atoms with Crippen LogP contribution >= 0.6 is 0 Å². The van der Waals surface area contributed by atoms with E-state index in [1.54, 1.807) is 12.1 Å². The summed E-state index contributed by atoms with van der Waals surface area (Å²) in [6.07, 6.45) is 1.49. The number of ether oxygens (including phenoxy) is 1. The van der Waals surface area contributed by atoms with Gasteiger partial charge in [-0.3, -0.25) is 4.79 Å². The Labute approximate surface area is 167 Å². The number of anilines is 4. The molecule has 2 N–H and O–H groups in total. The molecule has 3 aromatic rings. The van der Waals surface area contributed by atoms with E-state index in [0.29, 0.717) is 13.2 Å². The lowest BCUT2D eigenvalue weighted by atomic mass is 10.2. The molecule has 0 radical (unpaired) electrons. The van der Waals surface area contributed by atoms with E-state index in [-0.39, 0.29) is 17.3 Å². The molecule has 0 atom stereocenters. The smallest absolute Gasteiger partial charge is 0.274 e. The highest BCUT2D eigenvalue weighted by Crippen LogP contribution is 2.28. The van der Waals surface area contributed by atoms with E-state index in [0.717, 1.165) is 24.5 Å². The summed E-state index contributed by atoms with van der Waals surface area (Å²) in [5, 5.41) is 5.71. The number of nitrogens with zero attached hydrogens (tertiary/aromatic N) is 3. The van der Waals surface area contributed by atoms with Crippen LogP contribution in [0.15, 0.2) is 60.8 Å². The van der Waals surface area contributed by atoms with Crippen LogP contribution in [0.3, 0.4) is 0 Å². The summed E-state index contributed by atoms with van der Waals surface area (Å²) in [6.45, 7) is 2.95. The number of rotatable bonds is 5. The number of hydrogen-bond donors (Lipinski definition) is 2. The topological polar surface area (TPSA) is 79.4 Å². The first-order valence-corrected chi connectivity index (χ1v) is 9.28. The molecule has 1 fully saturated rings. The highest BCUT2D eigenvalue weighted by Gasteiger charge is 2.16. The van der Waals surface area contributed by atoms with Gasteiger partial charge in [-0.15, -0.1) is 0 Å². The highest BCUT2D eigenvalue weighted by molar-refractivity contribution is 6.03. The fraction of sp³-hybridized carbons (Fsp3) is 0.190. The van der Waals surface area contributed by atoms with E-state index in [9.17, 15) is 9.18 Å². The van der Waals surface area contributed by atoms with E-state index in [2.05, 4.69) is 25.5 Å². The van der Waals surface area contributed by atoms with Crippen LogP contribution in [0.25, 0.3) is 0 Å². The highest BCUT2D eigenvalue weighted by atomic mass is 19.1. The van der Waals surface area contributed by atoms with Crippen LogP contribution < -0.4 is 15.5 Å². The number of halogens is 1. The number of carbonyl (C=O) groups excluding carboxylic acids is 1. The molecule has 0 unspecified atom stereocenters. The van der Waals surface area contributed by atoms with Gasteiger partial charge in [0.1, 0.15) is 11.5 Å². The van der Waals surface area contributed by atoms with Gasteiger partial charge in [-0.25, -0.2) is 14.4 Å². The second-order valence-electron chi connectivity index (χ2n) is 6.44. The van der Waals surface area contributed by atoms with Crippen molar-refractivity contribution in [1.29, 1.82) is 0 Å². The normalized spacial score (nSPS) is 13.8. The molecule has 2 aromatic carbocycles. The Hall–Kier alpha value is -3.52. The second kappa shape index (κ2) is 8.66. The van der Waals surface area contributed by atoms with Crippen LogP contribution in [0.5, 0.6) is 0 Å². The molecule has 0 aliphatic carbocycles.